The van der Waals surface area contributed by atoms with Crippen LogP contribution in [0.5, 0.6) is 0 Å². The Morgan fingerprint density at radius 2 is 1.77 bits per heavy atom. The summed E-state index contributed by atoms with van der Waals surface area (Å²) in [5.74, 6) is -0.0556. The number of rotatable bonds is 9. The predicted octanol–water partition coefficient (Wildman–Crippen LogP) is 2.92. The van der Waals surface area contributed by atoms with Gasteiger partial charge in [-0.3, -0.25) is 4.79 Å². The molecular formula is C19H31N3O3S. The monoisotopic (exact) mass is 381 g/mol. The van der Waals surface area contributed by atoms with Gasteiger partial charge in [0, 0.05) is 31.7 Å². The Hall–Kier alpha value is -1.44. The molecule has 1 aliphatic rings. The van der Waals surface area contributed by atoms with Crippen LogP contribution in [0.25, 0.3) is 0 Å². The number of sulfonamides is 1. The number of piperidine rings is 1. The van der Waals surface area contributed by atoms with Crippen molar-refractivity contribution in [3.8, 4) is 0 Å². The lowest BCUT2D eigenvalue weighted by Gasteiger charge is -2.25. The van der Waals surface area contributed by atoms with E-state index in [1.807, 2.05) is 7.05 Å². The molecule has 1 amide bonds. The third-order valence-corrected chi connectivity index (χ3v) is 6.62. The average Bonchev–Trinajstić information content (AvgIpc) is 2.66. The van der Waals surface area contributed by atoms with E-state index in [4.69, 9.17) is 0 Å². The third-order valence-electron chi connectivity index (χ3n) is 4.70. The number of nitrogens with zero attached hydrogens (tertiary/aromatic N) is 2. The number of carbonyl (C=O) groups is 1. The average molecular weight is 382 g/mol. The van der Waals surface area contributed by atoms with Gasteiger partial charge in [0.05, 0.1) is 4.90 Å². The lowest BCUT2D eigenvalue weighted by molar-refractivity contribution is -0.116. The van der Waals surface area contributed by atoms with Crippen molar-refractivity contribution >= 4 is 21.6 Å². The smallest absolute Gasteiger partial charge is 0.243 e. The maximum atomic E-state index is 12.6. The molecule has 0 atom stereocenters. The topological polar surface area (TPSA) is 69.7 Å². The zero-order valence-electron chi connectivity index (χ0n) is 15.9. The minimum atomic E-state index is -3.42. The van der Waals surface area contributed by atoms with E-state index in [1.54, 1.807) is 28.6 Å². The van der Waals surface area contributed by atoms with Gasteiger partial charge in [-0.1, -0.05) is 19.8 Å². The van der Waals surface area contributed by atoms with Crippen LogP contribution in [0.1, 0.15) is 45.4 Å². The summed E-state index contributed by atoms with van der Waals surface area (Å²) < 4.78 is 26.8. The summed E-state index contributed by atoms with van der Waals surface area (Å²) in [5, 5.41) is 2.84. The van der Waals surface area contributed by atoms with E-state index < -0.39 is 10.0 Å². The molecule has 1 aliphatic heterocycles. The second kappa shape index (κ2) is 10.0. The van der Waals surface area contributed by atoms with Gasteiger partial charge in [0.2, 0.25) is 15.9 Å². The highest BCUT2D eigenvalue weighted by atomic mass is 32.2. The molecule has 26 heavy (non-hydrogen) atoms. The van der Waals surface area contributed by atoms with Gasteiger partial charge in [-0.15, -0.1) is 0 Å². The first-order valence-corrected chi connectivity index (χ1v) is 11.0. The van der Waals surface area contributed by atoms with Gasteiger partial charge in [-0.05, 0) is 57.1 Å². The van der Waals surface area contributed by atoms with Crippen LogP contribution in [0.15, 0.2) is 29.2 Å². The summed E-state index contributed by atoms with van der Waals surface area (Å²) in [6, 6.07) is 6.48. The van der Waals surface area contributed by atoms with Crippen LogP contribution in [0.2, 0.25) is 0 Å². The van der Waals surface area contributed by atoms with E-state index in [9.17, 15) is 13.2 Å². The van der Waals surface area contributed by atoms with Gasteiger partial charge < -0.3 is 10.2 Å². The summed E-state index contributed by atoms with van der Waals surface area (Å²) in [6.45, 7) is 5.04. The maximum Gasteiger partial charge on any atom is 0.243 e. The highest BCUT2D eigenvalue weighted by Crippen LogP contribution is 2.22. The number of unbranched alkanes of at least 4 members (excludes halogenated alkanes) is 1. The fourth-order valence-electron chi connectivity index (χ4n) is 3.02. The first kappa shape index (κ1) is 20.9. The fourth-order valence-corrected chi connectivity index (χ4v) is 4.54. The summed E-state index contributed by atoms with van der Waals surface area (Å²) in [7, 11) is -1.41. The van der Waals surface area contributed by atoms with E-state index >= 15 is 0 Å². The Bertz CT molecular complexity index is 668. The first-order valence-electron chi connectivity index (χ1n) is 9.52. The van der Waals surface area contributed by atoms with Gasteiger partial charge in [0.25, 0.3) is 0 Å². The van der Waals surface area contributed by atoms with Crippen LogP contribution < -0.4 is 5.32 Å². The lowest BCUT2D eigenvalue weighted by atomic mass is 10.2. The van der Waals surface area contributed by atoms with E-state index in [0.717, 1.165) is 38.6 Å². The van der Waals surface area contributed by atoms with Crippen molar-refractivity contribution in [3.05, 3.63) is 24.3 Å². The van der Waals surface area contributed by atoms with Crippen LogP contribution in [0, 0.1) is 0 Å². The van der Waals surface area contributed by atoms with Crippen molar-refractivity contribution < 1.29 is 13.2 Å². The second-order valence-electron chi connectivity index (χ2n) is 6.94. The molecule has 0 radical (unpaired) electrons. The third kappa shape index (κ3) is 6.07. The molecule has 1 saturated heterocycles. The molecule has 1 N–H and O–H groups in total. The van der Waals surface area contributed by atoms with E-state index in [2.05, 4.69) is 17.1 Å². The molecule has 1 heterocycles. The fraction of sp³-hybridized carbons (Fsp3) is 0.632. The Morgan fingerprint density at radius 1 is 1.12 bits per heavy atom. The van der Waals surface area contributed by atoms with E-state index in [0.29, 0.717) is 31.7 Å². The lowest BCUT2D eigenvalue weighted by Crippen LogP contribution is -2.35. The highest BCUT2D eigenvalue weighted by Gasteiger charge is 2.25. The Labute approximate surface area is 157 Å². The van der Waals surface area contributed by atoms with Crippen molar-refractivity contribution in [2.45, 2.75) is 50.3 Å². The van der Waals surface area contributed by atoms with Crippen LogP contribution in [0.3, 0.4) is 0 Å². The molecule has 0 spiro atoms. The number of hydrogen-bond donors (Lipinski definition) is 1. The zero-order chi connectivity index (χ0) is 19.0. The van der Waals surface area contributed by atoms with Gasteiger partial charge in [0.1, 0.15) is 0 Å². The van der Waals surface area contributed by atoms with Crippen molar-refractivity contribution in [1.29, 1.82) is 0 Å². The predicted molar refractivity (Wildman–Crippen MR) is 105 cm³/mol. The molecular weight excluding hydrogens is 350 g/mol. The van der Waals surface area contributed by atoms with Gasteiger partial charge in [-0.2, -0.15) is 4.31 Å². The summed E-state index contributed by atoms with van der Waals surface area (Å²) in [4.78, 5) is 14.5. The van der Waals surface area contributed by atoms with Crippen molar-refractivity contribution in [2.24, 2.45) is 0 Å². The van der Waals surface area contributed by atoms with E-state index in [1.165, 1.54) is 0 Å². The first-order chi connectivity index (χ1) is 12.4. The molecule has 0 unspecified atom stereocenters. The SMILES string of the molecule is CCCCN(C)CCC(=O)Nc1ccc(S(=O)(=O)N2CCCCC2)cc1. The van der Waals surface area contributed by atoms with Crippen LogP contribution in [-0.4, -0.2) is 56.8 Å². The number of anilines is 1. The van der Waals surface area contributed by atoms with Crippen LogP contribution in [0.4, 0.5) is 5.69 Å². The Morgan fingerprint density at radius 3 is 2.38 bits per heavy atom. The Kier molecular flexibility index (Phi) is 8.06. The molecule has 146 valence electrons. The van der Waals surface area contributed by atoms with E-state index in [-0.39, 0.29) is 10.8 Å². The van der Waals surface area contributed by atoms with Gasteiger partial charge >= 0.3 is 0 Å². The molecule has 6 nitrogen and oxygen atoms in total. The quantitative estimate of drug-likeness (QED) is 0.714. The standard InChI is InChI=1S/C19H31N3O3S/c1-3-4-13-21(2)16-12-19(23)20-17-8-10-18(11-9-17)26(24,25)22-14-6-5-7-15-22/h8-11H,3-7,12-16H2,1-2H3,(H,20,23). The molecule has 1 aromatic rings. The van der Waals surface area contributed by atoms with Gasteiger partial charge in [-0.25, -0.2) is 8.42 Å². The maximum absolute atomic E-state index is 12.6. The number of hydrogen-bond acceptors (Lipinski definition) is 4. The number of benzene rings is 1. The number of amides is 1. The minimum Gasteiger partial charge on any atom is -0.326 e. The highest BCUT2D eigenvalue weighted by molar-refractivity contribution is 7.89. The number of nitrogens with one attached hydrogen (secondary N) is 1. The molecule has 0 aliphatic carbocycles. The Balaban J connectivity index is 1.87. The molecule has 7 heteroatoms. The number of carbonyl (C=O) groups excluding carboxylic acids is 1. The molecule has 0 aromatic heterocycles. The molecule has 1 fully saturated rings. The zero-order valence-corrected chi connectivity index (χ0v) is 16.7. The van der Waals surface area contributed by atoms with Crippen molar-refractivity contribution in [2.75, 3.05) is 38.5 Å². The minimum absolute atomic E-state index is 0.0556. The molecule has 0 bridgehead atoms. The normalized spacial score (nSPS) is 16.0. The van der Waals surface area contributed by atoms with Crippen molar-refractivity contribution in [1.82, 2.24) is 9.21 Å². The second-order valence-corrected chi connectivity index (χ2v) is 8.88. The summed E-state index contributed by atoms with van der Waals surface area (Å²) >= 11 is 0. The molecule has 0 saturated carbocycles. The molecule has 1 aromatic carbocycles. The summed E-state index contributed by atoms with van der Waals surface area (Å²) in [5.41, 5.74) is 0.629. The van der Waals surface area contributed by atoms with Crippen molar-refractivity contribution in [3.63, 3.8) is 0 Å². The van der Waals surface area contributed by atoms with Gasteiger partial charge in [0.15, 0.2) is 0 Å². The molecule has 2 rings (SSSR count). The largest absolute Gasteiger partial charge is 0.326 e. The summed E-state index contributed by atoms with van der Waals surface area (Å²) in [6.07, 6.45) is 5.62. The van der Waals surface area contributed by atoms with Crippen LogP contribution >= 0.6 is 0 Å². The van der Waals surface area contributed by atoms with Crippen LogP contribution in [-0.2, 0) is 14.8 Å².